The lowest BCUT2D eigenvalue weighted by molar-refractivity contribution is 0.0950. The van der Waals surface area contributed by atoms with E-state index < -0.39 is 0 Å². The number of rotatable bonds is 3. The zero-order valence-corrected chi connectivity index (χ0v) is 11.3. The number of aromatic amines is 2. The number of H-pyrrole nitrogens is 2. The quantitative estimate of drug-likeness (QED) is 0.669. The third-order valence-electron chi connectivity index (χ3n) is 3.89. The highest BCUT2D eigenvalue weighted by atomic mass is 16.1. The van der Waals surface area contributed by atoms with Gasteiger partial charge in [0, 0.05) is 11.3 Å². The van der Waals surface area contributed by atoms with E-state index in [1.165, 1.54) is 11.3 Å². The molecule has 0 spiro atoms. The molecule has 3 aromatic rings. The van der Waals surface area contributed by atoms with Crippen molar-refractivity contribution in [2.45, 2.75) is 25.8 Å². The molecule has 0 saturated carbocycles. The number of carbonyl (C=O) groups excluding carboxylic acids is 1. The summed E-state index contributed by atoms with van der Waals surface area (Å²) in [4.78, 5) is 12.2. The van der Waals surface area contributed by atoms with E-state index in [0.717, 1.165) is 30.5 Å². The zero-order valence-electron chi connectivity index (χ0n) is 11.3. The van der Waals surface area contributed by atoms with Gasteiger partial charge in [0.2, 0.25) is 0 Å². The molecule has 0 fully saturated rings. The Morgan fingerprint density at radius 1 is 1.19 bits per heavy atom. The van der Waals surface area contributed by atoms with Crippen LogP contribution in [-0.2, 0) is 19.4 Å². The van der Waals surface area contributed by atoms with Gasteiger partial charge < -0.3 is 5.32 Å². The molecule has 3 N–H and O–H groups in total. The van der Waals surface area contributed by atoms with Crippen LogP contribution in [0.4, 0.5) is 0 Å². The normalized spacial score (nSPS) is 13.5. The van der Waals surface area contributed by atoms with E-state index in [2.05, 4.69) is 30.9 Å². The van der Waals surface area contributed by atoms with Crippen LogP contribution in [-0.4, -0.2) is 31.5 Å². The average Bonchev–Trinajstić information content (AvgIpc) is 3.20. The summed E-state index contributed by atoms with van der Waals surface area (Å²) in [5.74, 6) is -0.130. The minimum Gasteiger partial charge on any atom is -0.346 e. The first-order valence-corrected chi connectivity index (χ1v) is 6.95. The van der Waals surface area contributed by atoms with Crippen LogP contribution in [0.3, 0.4) is 0 Å². The highest BCUT2D eigenvalue weighted by Gasteiger charge is 2.18. The van der Waals surface area contributed by atoms with E-state index in [9.17, 15) is 4.79 Å². The minimum atomic E-state index is -0.130. The number of hydrogen-bond acceptors (Lipinski definition) is 4. The lowest BCUT2D eigenvalue weighted by Gasteiger charge is -2.04. The number of fused-ring (bicyclic) bond motifs is 2. The molecule has 0 aliphatic heterocycles. The largest absolute Gasteiger partial charge is 0.346 e. The fraction of sp³-hybridized carbons (Fsp3) is 0.286. The number of amides is 1. The summed E-state index contributed by atoms with van der Waals surface area (Å²) in [6.45, 7) is 0.446. The Kier molecular flexibility index (Phi) is 2.70. The molecule has 0 radical (unpaired) electrons. The van der Waals surface area contributed by atoms with Crippen LogP contribution in [0.5, 0.6) is 0 Å². The Bertz CT molecular complexity index is 818. The van der Waals surface area contributed by atoms with Crippen LogP contribution in [0.1, 0.15) is 33.7 Å². The van der Waals surface area contributed by atoms with Gasteiger partial charge in [0.25, 0.3) is 5.91 Å². The Hall–Kier alpha value is -2.70. The van der Waals surface area contributed by atoms with E-state index in [0.29, 0.717) is 17.6 Å². The summed E-state index contributed by atoms with van der Waals surface area (Å²) in [5, 5.41) is 20.7. The molecular weight excluding hydrogens is 268 g/mol. The fourth-order valence-corrected chi connectivity index (χ4v) is 2.78. The predicted molar refractivity (Wildman–Crippen MR) is 75.7 cm³/mol. The molecule has 1 aliphatic carbocycles. The Morgan fingerprint density at radius 3 is 3.05 bits per heavy atom. The number of benzene rings is 1. The van der Waals surface area contributed by atoms with E-state index in [1.54, 1.807) is 18.2 Å². The first-order valence-electron chi connectivity index (χ1n) is 6.95. The van der Waals surface area contributed by atoms with Crippen molar-refractivity contribution in [3.63, 3.8) is 0 Å². The van der Waals surface area contributed by atoms with Crippen molar-refractivity contribution in [1.29, 1.82) is 0 Å². The average molecular weight is 282 g/mol. The molecule has 1 aromatic carbocycles. The van der Waals surface area contributed by atoms with Gasteiger partial charge in [-0.1, -0.05) is 0 Å². The van der Waals surface area contributed by atoms with Gasteiger partial charge in [0.1, 0.15) is 11.0 Å². The van der Waals surface area contributed by atoms with E-state index in [1.807, 2.05) is 0 Å². The van der Waals surface area contributed by atoms with Crippen molar-refractivity contribution in [1.82, 2.24) is 30.9 Å². The lowest BCUT2D eigenvalue weighted by Crippen LogP contribution is -2.23. The molecule has 7 nitrogen and oxygen atoms in total. The number of aryl methyl sites for hydroxylation is 1. The second-order valence-electron chi connectivity index (χ2n) is 5.19. The van der Waals surface area contributed by atoms with E-state index in [4.69, 9.17) is 0 Å². The molecule has 21 heavy (non-hydrogen) atoms. The zero-order chi connectivity index (χ0) is 14.2. The van der Waals surface area contributed by atoms with E-state index >= 15 is 0 Å². The summed E-state index contributed by atoms with van der Waals surface area (Å²) in [5.41, 5.74) is 5.42. The maximum Gasteiger partial charge on any atom is 0.251 e. The number of nitrogens with one attached hydrogen (secondary N) is 3. The van der Waals surface area contributed by atoms with Gasteiger partial charge in [0.15, 0.2) is 0 Å². The van der Waals surface area contributed by atoms with Crippen molar-refractivity contribution in [2.75, 3.05) is 0 Å². The van der Waals surface area contributed by atoms with Crippen molar-refractivity contribution < 1.29 is 4.79 Å². The standard InChI is InChI=1S/C14H14N6O/c21-14(8-4-5-11-12(6-8)19-20-18-11)15-7-13-9-2-1-3-10(9)16-17-13/h4-6H,1-3,7H2,(H,15,21)(H,16,17)(H,18,19,20). The molecule has 0 bridgehead atoms. The first-order chi connectivity index (χ1) is 10.3. The summed E-state index contributed by atoms with van der Waals surface area (Å²) >= 11 is 0. The predicted octanol–water partition coefficient (Wildman–Crippen LogP) is 1.10. The minimum absolute atomic E-state index is 0.130. The molecule has 7 heteroatoms. The van der Waals surface area contributed by atoms with Crippen molar-refractivity contribution in [2.24, 2.45) is 0 Å². The highest BCUT2D eigenvalue weighted by molar-refractivity contribution is 5.97. The topological polar surface area (TPSA) is 99.4 Å². The van der Waals surface area contributed by atoms with Crippen LogP contribution >= 0.6 is 0 Å². The maximum absolute atomic E-state index is 12.2. The Morgan fingerprint density at radius 2 is 2.10 bits per heavy atom. The summed E-state index contributed by atoms with van der Waals surface area (Å²) in [7, 11) is 0. The summed E-state index contributed by atoms with van der Waals surface area (Å²) < 4.78 is 0. The monoisotopic (exact) mass is 282 g/mol. The van der Waals surface area contributed by atoms with Gasteiger partial charge in [0.05, 0.1) is 12.2 Å². The molecule has 0 atom stereocenters. The maximum atomic E-state index is 12.2. The van der Waals surface area contributed by atoms with Gasteiger partial charge in [-0.2, -0.15) is 20.5 Å². The van der Waals surface area contributed by atoms with E-state index in [-0.39, 0.29) is 5.91 Å². The highest BCUT2D eigenvalue weighted by Crippen LogP contribution is 2.22. The second kappa shape index (κ2) is 4.69. The van der Waals surface area contributed by atoms with Crippen LogP contribution < -0.4 is 5.32 Å². The smallest absolute Gasteiger partial charge is 0.251 e. The second-order valence-corrected chi connectivity index (χ2v) is 5.19. The van der Waals surface area contributed by atoms with Gasteiger partial charge in [-0.3, -0.25) is 9.89 Å². The lowest BCUT2D eigenvalue weighted by atomic mass is 10.1. The molecule has 0 saturated heterocycles. The van der Waals surface area contributed by atoms with Gasteiger partial charge >= 0.3 is 0 Å². The molecule has 0 unspecified atom stereocenters. The number of carbonyl (C=O) groups is 1. The van der Waals surface area contributed by atoms with Gasteiger partial charge in [-0.15, -0.1) is 0 Å². The van der Waals surface area contributed by atoms with Crippen LogP contribution in [0.2, 0.25) is 0 Å². The molecule has 2 heterocycles. The Balaban J connectivity index is 1.50. The molecule has 1 amide bonds. The summed E-state index contributed by atoms with van der Waals surface area (Å²) in [6.07, 6.45) is 3.26. The third-order valence-corrected chi connectivity index (χ3v) is 3.89. The summed E-state index contributed by atoms with van der Waals surface area (Å²) in [6, 6.07) is 5.25. The number of nitrogens with zero attached hydrogens (tertiary/aromatic N) is 3. The third kappa shape index (κ3) is 2.06. The van der Waals surface area contributed by atoms with Crippen molar-refractivity contribution in [3.8, 4) is 0 Å². The van der Waals surface area contributed by atoms with Gasteiger partial charge in [-0.05, 0) is 43.0 Å². The number of hydrogen-bond donors (Lipinski definition) is 3. The van der Waals surface area contributed by atoms with Crippen molar-refractivity contribution in [3.05, 3.63) is 40.7 Å². The first kappa shape index (κ1) is 12.1. The SMILES string of the molecule is O=C(NCc1n[nH]c2c1CCC2)c1ccc2n[nH]nc2c1. The van der Waals surface area contributed by atoms with Crippen molar-refractivity contribution >= 4 is 16.9 Å². The molecule has 2 aromatic heterocycles. The van der Waals surface area contributed by atoms with Crippen LogP contribution in [0, 0.1) is 0 Å². The van der Waals surface area contributed by atoms with Crippen LogP contribution in [0.15, 0.2) is 18.2 Å². The Labute approximate surface area is 120 Å². The fourth-order valence-electron chi connectivity index (χ4n) is 2.78. The molecular formula is C14H14N6O. The molecule has 1 aliphatic rings. The molecule has 4 rings (SSSR count). The number of aromatic nitrogens is 5. The molecule has 106 valence electrons. The van der Waals surface area contributed by atoms with Crippen LogP contribution in [0.25, 0.3) is 11.0 Å². The van der Waals surface area contributed by atoms with Gasteiger partial charge in [-0.25, -0.2) is 0 Å².